The maximum absolute atomic E-state index is 11.5. The molecule has 0 saturated carbocycles. The molecule has 17 heavy (non-hydrogen) atoms. The first-order valence-electron chi connectivity index (χ1n) is 5.20. The second kappa shape index (κ2) is 4.71. The van der Waals surface area contributed by atoms with Crippen molar-refractivity contribution in [1.82, 2.24) is 9.97 Å². The molecule has 0 amide bonds. The number of benzene rings is 1. The van der Waals surface area contributed by atoms with E-state index in [0.29, 0.717) is 5.82 Å². The van der Waals surface area contributed by atoms with Gasteiger partial charge in [-0.05, 0) is 27.9 Å². The van der Waals surface area contributed by atoms with Crippen LogP contribution in [0.3, 0.4) is 0 Å². The Balaban J connectivity index is 2.49. The molecule has 88 valence electrons. The highest BCUT2D eigenvalue weighted by atomic mass is 79.9. The number of aryl methyl sites for hydroxylation is 1. The van der Waals surface area contributed by atoms with Gasteiger partial charge in [0.05, 0.1) is 0 Å². The number of nitrogens with zero attached hydrogens (tertiary/aromatic N) is 1. The van der Waals surface area contributed by atoms with Gasteiger partial charge in [0, 0.05) is 5.56 Å². The third kappa shape index (κ3) is 2.39. The third-order valence-corrected chi connectivity index (χ3v) is 3.20. The van der Waals surface area contributed by atoms with E-state index in [9.17, 15) is 9.90 Å². The summed E-state index contributed by atoms with van der Waals surface area (Å²) in [5.74, 6) is 0.0571. The highest BCUT2D eigenvalue weighted by Crippen LogP contribution is 2.21. The molecule has 0 unspecified atom stereocenters. The highest BCUT2D eigenvalue weighted by Gasteiger charge is 2.08. The topological polar surface area (TPSA) is 66.0 Å². The summed E-state index contributed by atoms with van der Waals surface area (Å²) in [6.45, 7) is 2.07. The van der Waals surface area contributed by atoms with Crippen LogP contribution < -0.4 is 5.56 Å². The van der Waals surface area contributed by atoms with Crippen LogP contribution >= 0.6 is 15.9 Å². The molecule has 2 N–H and O–H groups in total. The number of aromatic hydroxyl groups is 1. The number of rotatable bonds is 2. The van der Waals surface area contributed by atoms with E-state index < -0.39 is 5.56 Å². The van der Waals surface area contributed by atoms with Gasteiger partial charge in [-0.2, -0.15) is 4.98 Å². The number of hydrogen-bond acceptors (Lipinski definition) is 3. The van der Waals surface area contributed by atoms with Gasteiger partial charge in [-0.15, -0.1) is 0 Å². The Morgan fingerprint density at radius 2 is 2.00 bits per heavy atom. The molecular weight excluding hydrogens is 284 g/mol. The Hall–Kier alpha value is -1.62. The van der Waals surface area contributed by atoms with Gasteiger partial charge in [0.15, 0.2) is 0 Å². The van der Waals surface area contributed by atoms with Crippen LogP contribution in [0.15, 0.2) is 33.5 Å². The molecule has 0 fully saturated rings. The fourth-order valence-corrected chi connectivity index (χ4v) is 1.67. The van der Waals surface area contributed by atoms with E-state index in [1.807, 2.05) is 24.3 Å². The van der Waals surface area contributed by atoms with Crippen molar-refractivity contribution in [3.05, 3.63) is 44.7 Å². The first-order chi connectivity index (χ1) is 8.11. The van der Waals surface area contributed by atoms with E-state index in [1.165, 1.54) is 5.56 Å². The summed E-state index contributed by atoms with van der Waals surface area (Å²) in [7, 11) is 0. The van der Waals surface area contributed by atoms with Crippen molar-refractivity contribution >= 4 is 15.9 Å². The number of aromatic amines is 1. The van der Waals surface area contributed by atoms with Crippen LogP contribution in [0.1, 0.15) is 12.5 Å². The highest BCUT2D eigenvalue weighted by molar-refractivity contribution is 9.10. The van der Waals surface area contributed by atoms with Gasteiger partial charge in [0.1, 0.15) is 10.3 Å². The van der Waals surface area contributed by atoms with Crippen LogP contribution in [0, 0.1) is 0 Å². The summed E-state index contributed by atoms with van der Waals surface area (Å²) < 4.78 is 0.0476. The van der Waals surface area contributed by atoms with Gasteiger partial charge in [-0.3, -0.25) is 4.79 Å². The fraction of sp³-hybridized carbons (Fsp3) is 0.167. The van der Waals surface area contributed by atoms with E-state index in [-0.39, 0.29) is 10.4 Å². The van der Waals surface area contributed by atoms with Gasteiger partial charge in [0.2, 0.25) is 5.88 Å². The maximum atomic E-state index is 11.5. The summed E-state index contributed by atoms with van der Waals surface area (Å²) in [6.07, 6.45) is 0.954. The van der Waals surface area contributed by atoms with E-state index in [0.717, 1.165) is 12.0 Å². The zero-order chi connectivity index (χ0) is 12.4. The van der Waals surface area contributed by atoms with Crippen molar-refractivity contribution in [3.63, 3.8) is 0 Å². The molecule has 0 bridgehead atoms. The van der Waals surface area contributed by atoms with Crippen molar-refractivity contribution in [2.24, 2.45) is 0 Å². The number of H-pyrrole nitrogens is 1. The SMILES string of the molecule is CCc1ccc(-c2nc(O)c(Br)c(=O)[nH]2)cc1. The van der Waals surface area contributed by atoms with E-state index in [2.05, 4.69) is 32.8 Å². The summed E-state index contributed by atoms with van der Waals surface area (Å²) in [4.78, 5) is 18.0. The lowest BCUT2D eigenvalue weighted by Gasteiger charge is -2.03. The van der Waals surface area contributed by atoms with Crippen LogP contribution in [-0.2, 0) is 6.42 Å². The molecule has 2 aromatic rings. The second-order valence-corrected chi connectivity index (χ2v) is 4.40. The second-order valence-electron chi connectivity index (χ2n) is 3.60. The molecule has 2 rings (SSSR count). The van der Waals surface area contributed by atoms with E-state index in [4.69, 9.17) is 0 Å². The molecular formula is C12H11BrN2O2. The molecule has 5 heteroatoms. The van der Waals surface area contributed by atoms with Crippen molar-refractivity contribution in [2.75, 3.05) is 0 Å². The molecule has 0 saturated heterocycles. The molecule has 1 aromatic heterocycles. The first-order valence-corrected chi connectivity index (χ1v) is 5.99. The molecule has 0 radical (unpaired) electrons. The number of nitrogens with one attached hydrogen (secondary N) is 1. The molecule has 0 aliphatic heterocycles. The normalized spacial score (nSPS) is 10.5. The standard InChI is InChI=1S/C12H11BrN2O2/c1-2-7-3-5-8(6-4-7)10-14-11(16)9(13)12(17)15-10/h3-6H,2H2,1H3,(H2,14,15,16,17). The Morgan fingerprint density at radius 3 is 2.53 bits per heavy atom. The lowest BCUT2D eigenvalue weighted by atomic mass is 10.1. The van der Waals surface area contributed by atoms with Crippen LogP contribution in [0.4, 0.5) is 0 Å². The van der Waals surface area contributed by atoms with Crippen LogP contribution in [0.25, 0.3) is 11.4 Å². The molecule has 0 aliphatic carbocycles. The lowest BCUT2D eigenvalue weighted by molar-refractivity contribution is 0.448. The average Bonchev–Trinajstić information content (AvgIpc) is 2.35. The van der Waals surface area contributed by atoms with Crippen molar-refractivity contribution in [1.29, 1.82) is 0 Å². The zero-order valence-corrected chi connectivity index (χ0v) is 10.8. The summed E-state index contributed by atoms with van der Waals surface area (Å²) >= 11 is 2.95. The molecule has 1 heterocycles. The number of aromatic nitrogens is 2. The smallest absolute Gasteiger partial charge is 0.269 e. The Morgan fingerprint density at radius 1 is 1.35 bits per heavy atom. The predicted molar refractivity (Wildman–Crippen MR) is 69.0 cm³/mol. The number of halogens is 1. The first kappa shape index (κ1) is 11.9. The Labute approximate surface area is 106 Å². The van der Waals surface area contributed by atoms with Gasteiger partial charge in [-0.25, -0.2) is 0 Å². The van der Waals surface area contributed by atoms with Gasteiger partial charge >= 0.3 is 0 Å². The zero-order valence-electron chi connectivity index (χ0n) is 9.20. The molecule has 4 nitrogen and oxygen atoms in total. The monoisotopic (exact) mass is 294 g/mol. The number of hydrogen-bond donors (Lipinski definition) is 2. The summed E-state index contributed by atoms with van der Waals surface area (Å²) in [5.41, 5.74) is 1.58. The fourth-order valence-electron chi connectivity index (χ4n) is 1.48. The average molecular weight is 295 g/mol. The van der Waals surface area contributed by atoms with Crippen molar-refractivity contribution < 1.29 is 5.11 Å². The minimum atomic E-state index is -0.396. The quantitative estimate of drug-likeness (QED) is 0.894. The van der Waals surface area contributed by atoms with Crippen LogP contribution in [0.2, 0.25) is 0 Å². The third-order valence-electron chi connectivity index (χ3n) is 2.48. The van der Waals surface area contributed by atoms with Crippen LogP contribution in [-0.4, -0.2) is 15.1 Å². The van der Waals surface area contributed by atoms with E-state index >= 15 is 0 Å². The molecule has 0 aliphatic rings. The van der Waals surface area contributed by atoms with E-state index in [1.54, 1.807) is 0 Å². The van der Waals surface area contributed by atoms with Crippen LogP contribution in [0.5, 0.6) is 5.88 Å². The van der Waals surface area contributed by atoms with Crippen molar-refractivity contribution in [2.45, 2.75) is 13.3 Å². The lowest BCUT2D eigenvalue weighted by Crippen LogP contribution is -2.09. The minimum absolute atomic E-state index is 0.0476. The largest absolute Gasteiger partial charge is 0.492 e. The maximum Gasteiger partial charge on any atom is 0.269 e. The van der Waals surface area contributed by atoms with Crippen molar-refractivity contribution in [3.8, 4) is 17.3 Å². The summed E-state index contributed by atoms with van der Waals surface area (Å²) in [5, 5.41) is 9.47. The molecule has 0 atom stereocenters. The predicted octanol–water partition coefficient (Wildman–Crippen LogP) is 2.47. The summed E-state index contributed by atoms with van der Waals surface area (Å²) in [6, 6.07) is 7.66. The molecule has 0 spiro atoms. The Bertz CT molecular complexity index is 590. The van der Waals surface area contributed by atoms with Gasteiger partial charge < -0.3 is 10.1 Å². The minimum Gasteiger partial charge on any atom is -0.492 e. The molecule has 1 aromatic carbocycles. The van der Waals surface area contributed by atoms with Gasteiger partial charge in [-0.1, -0.05) is 31.2 Å². The van der Waals surface area contributed by atoms with Gasteiger partial charge in [0.25, 0.3) is 5.56 Å². The Kier molecular flexibility index (Phi) is 3.28.